The molecule has 4 nitrogen and oxygen atoms in total. The first-order valence-corrected chi connectivity index (χ1v) is 3.95. The average Bonchev–Trinajstić information content (AvgIpc) is 1.85. The molecule has 1 atom stereocenters. The fraction of sp³-hybridized carbons (Fsp3) is 0.875. The largest absolute Gasteiger partial charge is 0.466 e. The monoisotopic (exact) mass is 175 g/mol. The molecular weight excluding hydrogens is 158 g/mol. The molecule has 0 saturated carbocycles. The van der Waals surface area contributed by atoms with Gasteiger partial charge in [0.1, 0.15) is 0 Å². The van der Waals surface area contributed by atoms with Crippen molar-refractivity contribution in [3.63, 3.8) is 0 Å². The molecule has 0 fully saturated rings. The highest BCUT2D eigenvalue weighted by Gasteiger charge is 2.22. The summed E-state index contributed by atoms with van der Waals surface area (Å²) in [5, 5.41) is 0. The molecule has 12 heavy (non-hydrogen) atoms. The highest BCUT2D eigenvalue weighted by molar-refractivity contribution is 5.70. The fourth-order valence-corrected chi connectivity index (χ4v) is 0.923. The van der Waals surface area contributed by atoms with E-state index in [0.29, 0.717) is 13.2 Å². The van der Waals surface area contributed by atoms with Gasteiger partial charge in [-0.05, 0) is 13.8 Å². The smallest absolute Gasteiger partial charge is 0.307 e. The number of carbonyl (C=O) groups excluding carboxylic acids is 1. The maximum Gasteiger partial charge on any atom is 0.307 e. The van der Waals surface area contributed by atoms with Gasteiger partial charge >= 0.3 is 5.97 Å². The van der Waals surface area contributed by atoms with Crippen LogP contribution in [-0.4, -0.2) is 31.8 Å². The van der Waals surface area contributed by atoms with Gasteiger partial charge in [0.05, 0.1) is 19.6 Å². The van der Waals surface area contributed by atoms with Crippen LogP contribution in [0.3, 0.4) is 0 Å². The summed E-state index contributed by atoms with van der Waals surface area (Å²) in [6.07, 6.45) is 0.189. The van der Waals surface area contributed by atoms with Gasteiger partial charge in [0.25, 0.3) is 0 Å². The first-order valence-electron chi connectivity index (χ1n) is 3.95. The Morgan fingerprint density at radius 2 is 2.17 bits per heavy atom. The first-order chi connectivity index (χ1) is 5.52. The second-order valence-electron chi connectivity index (χ2n) is 3.07. The number of nitrogens with two attached hydrogens (primary N) is 1. The second kappa shape index (κ2) is 5.11. The van der Waals surface area contributed by atoms with Gasteiger partial charge < -0.3 is 15.2 Å². The standard InChI is InChI=1S/C8H17NO3/c1-4-12-7(10)5-8(2,9)6-11-3/h4-6,9H2,1-3H3. The van der Waals surface area contributed by atoms with Crippen LogP contribution >= 0.6 is 0 Å². The molecule has 2 N–H and O–H groups in total. The summed E-state index contributed by atoms with van der Waals surface area (Å²) in [7, 11) is 1.55. The lowest BCUT2D eigenvalue weighted by atomic mass is 10.0. The lowest BCUT2D eigenvalue weighted by molar-refractivity contribution is -0.144. The Hall–Kier alpha value is -0.610. The van der Waals surface area contributed by atoms with E-state index in [4.69, 9.17) is 15.2 Å². The Bertz CT molecular complexity index is 145. The zero-order valence-corrected chi connectivity index (χ0v) is 7.92. The summed E-state index contributed by atoms with van der Waals surface area (Å²) in [6.45, 7) is 4.27. The fourth-order valence-electron chi connectivity index (χ4n) is 0.923. The van der Waals surface area contributed by atoms with Crippen LogP contribution in [0.2, 0.25) is 0 Å². The third-order valence-electron chi connectivity index (χ3n) is 1.33. The number of hydrogen-bond donors (Lipinski definition) is 1. The van der Waals surface area contributed by atoms with Crippen molar-refractivity contribution in [2.75, 3.05) is 20.3 Å². The van der Waals surface area contributed by atoms with E-state index in [0.717, 1.165) is 0 Å². The van der Waals surface area contributed by atoms with Crippen LogP contribution in [0.25, 0.3) is 0 Å². The maximum absolute atomic E-state index is 11.0. The number of carbonyl (C=O) groups is 1. The number of methoxy groups -OCH3 is 1. The van der Waals surface area contributed by atoms with Crippen molar-refractivity contribution >= 4 is 5.97 Å². The molecule has 0 amide bonds. The van der Waals surface area contributed by atoms with Crippen LogP contribution in [0.4, 0.5) is 0 Å². The summed E-state index contributed by atoms with van der Waals surface area (Å²) in [5.41, 5.74) is 5.11. The third-order valence-corrected chi connectivity index (χ3v) is 1.33. The summed E-state index contributed by atoms with van der Waals surface area (Å²) < 4.78 is 9.60. The normalized spacial score (nSPS) is 15.3. The Morgan fingerprint density at radius 1 is 1.58 bits per heavy atom. The van der Waals surface area contributed by atoms with Crippen LogP contribution in [0.1, 0.15) is 20.3 Å². The molecule has 72 valence electrons. The molecule has 0 aliphatic rings. The minimum Gasteiger partial charge on any atom is -0.466 e. The topological polar surface area (TPSA) is 61.5 Å². The summed E-state index contributed by atoms with van der Waals surface area (Å²) in [5.74, 6) is -0.278. The molecule has 0 aromatic carbocycles. The number of esters is 1. The molecule has 0 aromatic heterocycles. The van der Waals surface area contributed by atoms with Crippen LogP contribution in [0, 0.1) is 0 Å². The minimum absolute atomic E-state index is 0.189. The zero-order chi connectivity index (χ0) is 9.61. The van der Waals surface area contributed by atoms with E-state index in [9.17, 15) is 4.79 Å². The van der Waals surface area contributed by atoms with Crippen LogP contribution in [-0.2, 0) is 14.3 Å². The predicted octanol–water partition coefficient (Wildman–Crippen LogP) is 0.303. The van der Waals surface area contributed by atoms with Crippen molar-refractivity contribution in [2.24, 2.45) is 5.73 Å². The van der Waals surface area contributed by atoms with Crippen molar-refractivity contribution in [3.8, 4) is 0 Å². The van der Waals surface area contributed by atoms with Gasteiger partial charge in [-0.1, -0.05) is 0 Å². The van der Waals surface area contributed by atoms with E-state index < -0.39 is 5.54 Å². The Morgan fingerprint density at radius 3 is 2.58 bits per heavy atom. The molecule has 0 heterocycles. The second-order valence-corrected chi connectivity index (χ2v) is 3.07. The molecule has 0 aliphatic heterocycles. The molecule has 0 spiro atoms. The SMILES string of the molecule is CCOC(=O)CC(C)(N)COC. The van der Waals surface area contributed by atoms with Gasteiger partial charge in [0, 0.05) is 12.6 Å². The van der Waals surface area contributed by atoms with Crippen molar-refractivity contribution in [3.05, 3.63) is 0 Å². The van der Waals surface area contributed by atoms with Gasteiger partial charge in [-0.15, -0.1) is 0 Å². The molecule has 0 aliphatic carbocycles. The zero-order valence-electron chi connectivity index (χ0n) is 7.92. The molecule has 0 saturated heterocycles. The van der Waals surface area contributed by atoms with Gasteiger partial charge in [0.15, 0.2) is 0 Å². The highest BCUT2D eigenvalue weighted by Crippen LogP contribution is 2.06. The Balaban J connectivity index is 3.79. The number of rotatable bonds is 5. The van der Waals surface area contributed by atoms with E-state index in [-0.39, 0.29) is 12.4 Å². The van der Waals surface area contributed by atoms with Crippen LogP contribution in [0.5, 0.6) is 0 Å². The first kappa shape index (κ1) is 11.4. The molecule has 0 aromatic rings. The molecule has 4 heteroatoms. The quantitative estimate of drug-likeness (QED) is 0.610. The predicted molar refractivity (Wildman–Crippen MR) is 45.7 cm³/mol. The molecule has 0 rings (SSSR count). The maximum atomic E-state index is 11.0. The van der Waals surface area contributed by atoms with Gasteiger partial charge in [-0.3, -0.25) is 4.79 Å². The van der Waals surface area contributed by atoms with Crippen molar-refractivity contribution < 1.29 is 14.3 Å². The number of ether oxygens (including phenoxy) is 2. The van der Waals surface area contributed by atoms with E-state index in [2.05, 4.69) is 0 Å². The van der Waals surface area contributed by atoms with E-state index in [1.807, 2.05) is 0 Å². The van der Waals surface area contributed by atoms with E-state index in [1.165, 1.54) is 0 Å². The van der Waals surface area contributed by atoms with Crippen LogP contribution in [0.15, 0.2) is 0 Å². The van der Waals surface area contributed by atoms with Crippen molar-refractivity contribution in [2.45, 2.75) is 25.8 Å². The van der Waals surface area contributed by atoms with Gasteiger partial charge in [-0.2, -0.15) is 0 Å². The molecule has 1 unspecified atom stereocenters. The summed E-state index contributed by atoms with van der Waals surface area (Å²) >= 11 is 0. The lowest BCUT2D eigenvalue weighted by Gasteiger charge is -2.21. The molecule has 0 bridgehead atoms. The average molecular weight is 175 g/mol. The van der Waals surface area contributed by atoms with E-state index >= 15 is 0 Å². The van der Waals surface area contributed by atoms with Crippen molar-refractivity contribution in [1.29, 1.82) is 0 Å². The third kappa shape index (κ3) is 5.09. The van der Waals surface area contributed by atoms with Gasteiger partial charge in [0.2, 0.25) is 0 Å². The number of hydrogen-bond acceptors (Lipinski definition) is 4. The highest BCUT2D eigenvalue weighted by atomic mass is 16.5. The minimum atomic E-state index is -0.624. The molecule has 0 radical (unpaired) electrons. The van der Waals surface area contributed by atoms with Gasteiger partial charge in [-0.25, -0.2) is 0 Å². The Kier molecular flexibility index (Phi) is 4.85. The lowest BCUT2D eigenvalue weighted by Crippen LogP contribution is -2.43. The van der Waals surface area contributed by atoms with Crippen molar-refractivity contribution in [1.82, 2.24) is 0 Å². The van der Waals surface area contributed by atoms with Crippen LogP contribution < -0.4 is 5.73 Å². The Labute approximate surface area is 73.0 Å². The molecular formula is C8H17NO3. The summed E-state index contributed by atoms with van der Waals surface area (Å²) in [4.78, 5) is 11.0. The summed E-state index contributed by atoms with van der Waals surface area (Å²) in [6, 6.07) is 0. The van der Waals surface area contributed by atoms with E-state index in [1.54, 1.807) is 21.0 Å².